The lowest BCUT2D eigenvalue weighted by Crippen LogP contribution is -2.36. The molecular formula is C21H24N2O3. The number of benzene rings is 2. The molecule has 0 aliphatic carbocycles. The Bertz CT molecular complexity index is 771. The Hall–Kier alpha value is -2.82. The Morgan fingerprint density at radius 2 is 1.77 bits per heavy atom. The van der Waals surface area contributed by atoms with Gasteiger partial charge in [0.2, 0.25) is 11.8 Å². The molecule has 0 saturated heterocycles. The smallest absolute Gasteiger partial charge is 0.224 e. The van der Waals surface area contributed by atoms with Crippen molar-refractivity contribution < 1.29 is 14.3 Å². The second-order valence-electron chi connectivity index (χ2n) is 6.34. The number of hydrogen-bond donors (Lipinski definition) is 1. The molecule has 0 saturated carbocycles. The van der Waals surface area contributed by atoms with Crippen LogP contribution < -0.4 is 10.1 Å². The molecule has 2 amide bonds. The zero-order valence-electron chi connectivity index (χ0n) is 15.0. The van der Waals surface area contributed by atoms with Gasteiger partial charge in [-0.2, -0.15) is 0 Å². The quantitative estimate of drug-likeness (QED) is 0.867. The first-order valence-electron chi connectivity index (χ1n) is 9.03. The first kappa shape index (κ1) is 18.0. The van der Waals surface area contributed by atoms with Gasteiger partial charge in [0.05, 0.1) is 6.61 Å². The summed E-state index contributed by atoms with van der Waals surface area (Å²) in [5.41, 5.74) is 3.22. The summed E-state index contributed by atoms with van der Waals surface area (Å²) in [4.78, 5) is 26.3. The lowest BCUT2D eigenvalue weighted by Gasteiger charge is -2.28. The van der Waals surface area contributed by atoms with E-state index in [1.54, 1.807) is 12.1 Å². The van der Waals surface area contributed by atoms with Crippen LogP contribution in [0, 0.1) is 0 Å². The molecule has 26 heavy (non-hydrogen) atoms. The molecule has 2 aromatic carbocycles. The molecule has 5 nitrogen and oxygen atoms in total. The Morgan fingerprint density at radius 1 is 1.04 bits per heavy atom. The average molecular weight is 352 g/mol. The minimum absolute atomic E-state index is 0.0290. The van der Waals surface area contributed by atoms with E-state index in [0.29, 0.717) is 18.8 Å². The molecule has 0 fully saturated rings. The number of amides is 2. The minimum atomic E-state index is -0.153. The Morgan fingerprint density at radius 3 is 2.50 bits per heavy atom. The third-order valence-corrected chi connectivity index (χ3v) is 4.50. The highest BCUT2D eigenvalue weighted by Crippen LogP contribution is 2.20. The molecule has 0 bridgehead atoms. The summed E-state index contributed by atoms with van der Waals surface area (Å²) in [6.07, 6.45) is 1.29. The van der Waals surface area contributed by atoms with Crippen molar-refractivity contribution in [2.45, 2.75) is 32.7 Å². The molecule has 0 spiro atoms. The van der Waals surface area contributed by atoms with Crippen LogP contribution in [0.15, 0.2) is 48.5 Å². The lowest BCUT2D eigenvalue weighted by molar-refractivity contribution is -0.133. The summed E-state index contributed by atoms with van der Waals surface area (Å²) in [7, 11) is 0. The topological polar surface area (TPSA) is 58.6 Å². The molecule has 0 atom stereocenters. The maximum absolute atomic E-state index is 12.4. The highest BCUT2D eigenvalue weighted by Gasteiger charge is 2.20. The van der Waals surface area contributed by atoms with Crippen LogP contribution in [0.3, 0.4) is 0 Å². The number of fused-ring (bicyclic) bond motifs is 1. The van der Waals surface area contributed by atoms with Crippen LogP contribution in [0.5, 0.6) is 5.75 Å². The maximum Gasteiger partial charge on any atom is 0.224 e. The van der Waals surface area contributed by atoms with Crippen LogP contribution in [-0.2, 0) is 22.6 Å². The van der Waals surface area contributed by atoms with E-state index in [9.17, 15) is 9.59 Å². The van der Waals surface area contributed by atoms with Crippen molar-refractivity contribution in [3.05, 3.63) is 59.7 Å². The van der Waals surface area contributed by atoms with Gasteiger partial charge in [-0.05, 0) is 48.7 Å². The van der Waals surface area contributed by atoms with Gasteiger partial charge < -0.3 is 15.0 Å². The van der Waals surface area contributed by atoms with Gasteiger partial charge >= 0.3 is 0 Å². The van der Waals surface area contributed by atoms with Crippen LogP contribution in [0.1, 0.15) is 30.9 Å². The van der Waals surface area contributed by atoms with Crippen LogP contribution in [0.4, 0.5) is 5.69 Å². The largest absolute Gasteiger partial charge is 0.494 e. The van der Waals surface area contributed by atoms with E-state index in [1.807, 2.05) is 36.1 Å². The zero-order valence-corrected chi connectivity index (χ0v) is 15.0. The molecule has 5 heteroatoms. The predicted octanol–water partition coefficient (Wildman–Crippen LogP) is 3.39. The van der Waals surface area contributed by atoms with Gasteiger partial charge in [-0.1, -0.05) is 24.3 Å². The fraction of sp³-hybridized carbons (Fsp3) is 0.333. The number of nitrogens with one attached hydrogen (secondary N) is 1. The van der Waals surface area contributed by atoms with E-state index in [0.717, 1.165) is 18.7 Å². The van der Waals surface area contributed by atoms with E-state index >= 15 is 0 Å². The van der Waals surface area contributed by atoms with Crippen molar-refractivity contribution >= 4 is 17.5 Å². The molecule has 1 aliphatic heterocycles. The van der Waals surface area contributed by atoms with Gasteiger partial charge in [-0.15, -0.1) is 0 Å². The molecule has 2 aromatic rings. The first-order valence-corrected chi connectivity index (χ1v) is 9.03. The molecular weight excluding hydrogens is 328 g/mol. The van der Waals surface area contributed by atoms with Crippen molar-refractivity contribution in [3.8, 4) is 5.75 Å². The fourth-order valence-corrected chi connectivity index (χ4v) is 3.11. The molecule has 0 radical (unpaired) electrons. The van der Waals surface area contributed by atoms with Crippen molar-refractivity contribution in [2.24, 2.45) is 0 Å². The number of anilines is 1. The van der Waals surface area contributed by atoms with Gasteiger partial charge in [-0.3, -0.25) is 9.59 Å². The highest BCUT2D eigenvalue weighted by molar-refractivity contribution is 5.93. The van der Waals surface area contributed by atoms with Gasteiger partial charge in [0, 0.05) is 31.6 Å². The normalized spacial score (nSPS) is 13.0. The number of carbonyl (C=O) groups is 2. The first-order chi connectivity index (χ1) is 12.7. The number of nitrogens with zero attached hydrogens (tertiary/aromatic N) is 1. The minimum Gasteiger partial charge on any atom is -0.494 e. The average Bonchev–Trinajstić information content (AvgIpc) is 2.67. The van der Waals surface area contributed by atoms with Gasteiger partial charge in [0.15, 0.2) is 0 Å². The lowest BCUT2D eigenvalue weighted by atomic mass is 9.99. The Balaban J connectivity index is 1.46. The second-order valence-corrected chi connectivity index (χ2v) is 6.34. The summed E-state index contributed by atoms with van der Waals surface area (Å²) in [5, 5.41) is 2.82. The number of carbonyl (C=O) groups excluding carboxylic acids is 2. The van der Waals surface area contributed by atoms with Crippen molar-refractivity contribution in [1.29, 1.82) is 0 Å². The van der Waals surface area contributed by atoms with E-state index in [1.165, 1.54) is 11.1 Å². The van der Waals surface area contributed by atoms with Crippen LogP contribution in [0.2, 0.25) is 0 Å². The monoisotopic (exact) mass is 352 g/mol. The van der Waals surface area contributed by atoms with Crippen LogP contribution in [0.25, 0.3) is 0 Å². The van der Waals surface area contributed by atoms with Crippen molar-refractivity contribution in [1.82, 2.24) is 4.90 Å². The van der Waals surface area contributed by atoms with Gasteiger partial charge in [0.25, 0.3) is 0 Å². The molecule has 3 rings (SSSR count). The van der Waals surface area contributed by atoms with E-state index in [2.05, 4.69) is 17.4 Å². The Kier molecular flexibility index (Phi) is 5.89. The number of rotatable bonds is 6. The molecule has 1 N–H and O–H groups in total. The standard InChI is InChI=1S/C21H24N2O3/c1-2-26-19-9-7-18(8-10-19)22-20(24)11-12-21(25)23-14-13-16-5-3-4-6-17(16)15-23/h3-10H,2,11-15H2,1H3,(H,22,24). The summed E-state index contributed by atoms with van der Waals surface area (Å²) >= 11 is 0. The maximum atomic E-state index is 12.4. The van der Waals surface area contributed by atoms with E-state index < -0.39 is 0 Å². The third kappa shape index (κ3) is 4.63. The van der Waals surface area contributed by atoms with E-state index in [4.69, 9.17) is 4.74 Å². The number of ether oxygens (including phenoxy) is 1. The zero-order chi connectivity index (χ0) is 18.4. The van der Waals surface area contributed by atoms with Gasteiger partial charge in [0.1, 0.15) is 5.75 Å². The summed E-state index contributed by atoms with van der Waals surface area (Å²) in [6.45, 7) is 3.88. The predicted molar refractivity (Wildman–Crippen MR) is 101 cm³/mol. The Labute approximate surface area is 154 Å². The fourth-order valence-electron chi connectivity index (χ4n) is 3.11. The van der Waals surface area contributed by atoms with Gasteiger partial charge in [-0.25, -0.2) is 0 Å². The molecule has 0 unspecified atom stereocenters. The molecule has 1 aliphatic rings. The van der Waals surface area contributed by atoms with Crippen molar-refractivity contribution in [2.75, 3.05) is 18.5 Å². The summed E-state index contributed by atoms with van der Waals surface area (Å²) in [6, 6.07) is 15.4. The van der Waals surface area contributed by atoms with E-state index in [-0.39, 0.29) is 24.7 Å². The highest BCUT2D eigenvalue weighted by atomic mass is 16.5. The molecule has 136 valence electrons. The molecule has 1 heterocycles. The summed E-state index contributed by atoms with van der Waals surface area (Å²) in [5.74, 6) is 0.646. The summed E-state index contributed by atoms with van der Waals surface area (Å²) < 4.78 is 5.37. The van der Waals surface area contributed by atoms with Crippen molar-refractivity contribution in [3.63, 3.8) is 0 Å². The van der Waals surface area contributed by atoms with Crippen LogP contribution in [-0.4, -0.2) is 29.9 Å². The number of hydrogen-bond acceptors (Lipinski definition) is 3. The van der Waals surface area contributed by atoms with Crippen LogP contribution >= 0.6 is 0 Å². The molecule has 0 aromatic heterocycles. The third-order valence-electron chi connectivity index (χ3n) is 4.50. The SMILES string of the molecule is CCOc1ccc(NC(=O)CCC(=O)N2CCc3ccccc3C2)cc1. The second kappa shape index (κ2) is 8.52.